The molecule has 1 aliphatic rings. The third kappa shape index (κ3) is 3.84. The molecule has 0 amide bonds. The molecular weight excluding hydrogens is 284 g/mol. The molecule has 1 aliphatic carbocycles. The highest BCUT2D eigenvalue weighted by molar-refractivity contribution is 9.10. The molecule has 1 aromatic heterocycles. The molecule has 1 aromatic rings. The summed E-state index contributed by atoms with van der Waals surface area (Å²) >= 11 is 5.28. The van der Waals surface area contributed by atoms with E-state index in [2.05, 4.69) is 32.7 Å². The molecule has 0 aliphatic heterocycles. The summed E-state index contributed by atoms with van der Waals surface area (Å²) in [7, 11) is 0. The molecule has 2 nitrogen and oxygen atoms in total. The van der Waals surface area contributed by atoms with Gasteiger partial charge in [-0.2, -0.15) is 0 Å². The van der Waals surface area contributed by atoms with Crippen molar-refractivity contribution in [1.82, 2.24) is 5.32 Å². The molecule has 0 saturated heterocycles. The molecule has 1 fully saturated rings. The van der Waals surface area contributed by atoms with Crippen LogP contribution in [0.3, 0.4) is 0 Å². The molecule has 16 heavy (non-hydrogen) atoms. The SMILES string of the molecule is NC1CCC(CNCc2cc(Br)cs2)CC1. The minimum absolute atomic E-state index is 0.463. The highest BCUT2D eigenvalue weighted by Crippen LogP contribution is 2.23. The van der Waals surface area contributed by atoms with Crippen molar-refractivity contribution in [2.45, 2.75) is 38.3 Å². The Hall–Kier alpha value is 0.1000. The number of thiophene rings is 1. The van der Waals surface area contributed by atoms with Crippen molar-refractivity contribution in [2.24, 2.45) is 11.7 Å². The third-order valence-electron chi connectivity index (χ3n) is 3.25. The maximum atomic E-state index is 5.90. The Labute approximate surface area is 110 Å². The second-order valence-corrected chi connectivity index (χ2v) is 6.55. The van der Waals surface area contributed by atoms with E-state index in [-0.39, 0.29) is 0 Å². The van der Waals surface area contributed by atoms with Crippen LogP contribution in [-0.4, -0.2) is 12.6 Å². The Balaban J connectivity index is 1.64. The van der Waals surface area contributed by atoms with Gasteiger partial charge in [-0.05, 0) is 60.1 Å². The van der Waals surface area contributed by atoms with Gasteiger partial charge in [-0.15, -0.1) is 11.3 Å². The van der Waals surface area contributed by atoms with Crippen molar-refractivity contribution in [3.8, 4) is 0 Å². The Morgan fingerprint density at radius 2 is 2.12 bits per heavy atom. The predicted octanol–water partition coefficient (Wildman–Crippen LogP) is 3.12. The van der Waals surface area contributed by atoms with Gasteiger partial charge in [0.15, 0.2) is 0 Å². The van der Waals surface area contributed by atoms with Gasteiger partial charge in [0.25, 0.3) is 0 Å². The molecule has 0 radical (unpaired) electrons. The number of halogens is 1. The van der Waals surface area contributed by atoms with Crippen LogP contribution >= 0.6 is 27.3 Å². The predicted molar refractivity (Wildman–Crippen MR) is 73.7 cm³/mol. The second kappa shape index (κ2) is 6.15. The van der Waals surface area contributed by atoms with Gasteiger partial charge >= 0.3 is 0 Å². The largest absolute Gasteiger partial charge is 0.328 e. The summed E-state index contributed by atoms with van der Waals surface area (Å²) in [4.78, 5) is 1.40. The Bertz CT molecular complexity index is 319. The first kappa shape index (κ1) is 12.6. The monoisotopic (exact) mass is 302 g/mol. The second-order valence-electron chi connectivity index (χ2n) is 4.64. The van der Waals surface area contributed by atoms with E-state index in [0.717, 1.165) is 19.0 Å². The van der Waals surface area contributed by atoms with E-state index in [1.807, 2.05) is 11.3 Å². The first-order valence-electron chi connectivity index (χ1n) is 5.93. The molecule has 0 aromatic carbocycles. The number of nitrogens with two attached hydrogens (primary N) is 1. The summed E-state index contributed by atoms with van der Waals surface area (Å²) in [6, 6.07) is 2.65. The minimum Gasteiger partial charge on any atom is -0.328 e. The zero-order valence-electron chi connectivity index (χ0n) is 9.42. The van der Waals surface area contributed by atoms with Crippen LogP contribution in [0.4, 0.5) is 0 Å². The lowest BCUT2D eigenvalue weighted by atomic mass is 9.86. The van der Waals surface area contributed by atoms with Crippen molar-refractivity contribution in [3.63, 3.8) is 0 Å². The normalized spacial score (nSPS) is 25.9. The van der Waals surface area contributed by atoms with E-state index in [1.54, 1.807) is 0 Å². The van der Waals surface area contributed by atoms with Crippen molar-refractivity contribution in [1.29, 1.82) is 0 Å². The maximum Gasteiger partial charge on any atom is 0.0300 e. The lowest BCUT2D eigenvalue weighted by Crippen LogP contribution is -2.31. The van der Waals surface area contributed by atoms with Gasteiger partial charge in [0.05, 0.1) is 0 Å². The summed E-state index contributed by atoms with van der Waals surface area (Å²) in [6.45, 7) is 2.14. The summed E-state index contributed by atoms with van der Waals surface area (Å²) in [5, 5.41) is 5.68. The van der Waals surface area contributed by atoms with Crippen LogP contribution in [0.5, 0.6) is 0 Å². The van der Waals surface area contributed by atoms with Gasteiger partial charge < -0.3 is 11.1 Å². The lowest BCUT2D eigenvalue weighted by molar-refractivity contribution is 0.314. The van der Waals surface area contributed by atoms with Gasteiger partial charge in [0, 0.05) is 27.3 Å². The first-order valence-corrected chi connectivity index (χ1v) is 7.60. The van der Waals surface area contributed by atoms with E-state index in [9.17, 15) is 0 Å². The minimum atomic E-state index is 0.463. The molecule has 0 spiro atoms. The van der Waals surface area contributed by atoms with E-state index in [0.29, 0.717) is 6.04 Å². The third-order valence-corrected chi connectivity index (χ3v) is 4.94. The summed E-state index contributed by atoms with van der Waals surface area (Å²) in [5.74, 6) is 0.836. The topological polar surface area (TPSA) is 38.0 Å². The Morgan fingerprint density at radius 3 is 2.75 bits per heavy atom. The smallest absolute Gasteiger partial charge is 0.0300 e. The molecular formula is C12H19BrN2S. The number of hydrogen-bond donors (Lipinski definition) is 2. The van der Waals surface area contributed by atoms with Gasteiger partial charge in [-0.1, -0.05) is 0 Å². The van der Waals surface area contributed by atoms with Crippen LogP contribution < -0.4 is 11.1 Å². The van der Waals surface area contributed by atoms with Crippen LogP contribution in [0.25, 0.3) is 0 Å². The van der Waals surface area contributed by atoms with Crippen LogP contribution in [0.15, 0.2) is 15.9 Å². The van der Waals surface area contributed by atoms with E-state index < -0.39 is 0 Å². The van der Waals surface area contributed by atoms with Crippen LogP contribution in [-0.2, 0) is 6.54 Å². The van der Waals surface area contributed by atoms with Crippen LogP contribution in [0.2, 0.25) is 0 Å². The average molecular weight is 303 g/mol. The molecule has 90 valence electrons. The van der Waals surface area contributed by atoms with Gasteiger partial charge in [0.1, 0.15) is 0 Å². The van der Waals surface area contributed by atoms with Crippen molar-refractivity contribution in [2.75, 3.05) is 6.54 Å². The zero-order chi connectivity index (χ0) is 11.4. The van der Waals surface area contributed by atoms with Gasteiger partial charge in [-0.25, -0.2) is 0 Å². The van der Waals surface area contributed by atoms with Crippen molar-refractivity contribution in [3.05, 3.63) is 20.8 Å². The highest BCUT2D eigenvalue weighted by atomic mass is 79.9. The Morgan fingerprint density at radius 1 is 1.38 bits per heavy atom. The molecule has 1 saturated carbocycles. The molecule has 3 N–H and O–H groups in total. The standard InChI is InChI=1S/C12H19BrN2S/c13-10-5-12(16-8-10)7-15-6-9-1-3-11(14)4-2-9/h5,8-9,11,15H,1-4,6-7,14H2. The summed E-state index contributed by atoms with van der Waals surface area (Å²) in [5.41, 5.74) is 5.90. The fourth-order valence-corrected chi connectivity index (χ4v) is 3.66. The molecule has 4 heteroatoms. The molecule has 0 atom stereocenters. The summed E-state index contributed by atoms with van der Waals surface area (Å²) < 4.78 is 1.19. The van der Waals surface area contributed by atoms with Crippen molar-refractivity contribution >= 4 is 27.3 Å². The number of nitrogens with one attached hydrogen (secondary N) is 1. The van der Waals surface area contributed by atoms with Crippen molar-refractivity contribution < 1.29 is 0 Å². The fourth-order valence-electron chi connectivity index (χ4n) is 2.24. The van der Waals surface area contributed by atoms with Gasteiger partial charge in [-0.3, -0.25) is 0 Å². The molecule has 2 rings (SSSR count). The average Bonchev–Trinajstić information content (AvgIpc) is 2.67. The molecule has 0 bridgehead atoms. The molecule has 1 heterocycles. The van der Waals surface area contributed by atoms with Crippen LogP contribution in [0.1, 0.15) is 30.6 Å². The quantitative estimate of drug-likeness (QED) is 0.897. The first-order chi connectivity index (χ1) is 7.74. The van der Waals surface area contributed by atoms with E-state index in [4.69, 9.17) is 5.73 Å². The van der Waals surface area contributed by atoms with E-state index in [1.165, 1.54) is 35.0 Å². The lowest BCUT2D eigenvalue weighted by Gasteiger charge is -2.26. The highest BCUT2D eigenvalue weighted by Gasteiger charge is 2.17. The number of rotatable bonds is 4. The summed E-state index contributed by atoms with van der Waals surface area (Å²) in [6.07, 6.45) is 5.00. The number of hydrogen-bond acceptors (Lipinski definition) is 3. The zero-order valence-corrected chi connectivity index (χ0v) is 11.8. The van der Waals surface area contributed by atoms with E-state index >= 15 is 0 Å². The Kier molecular flexibility index (Phi) is 4.82. The molecule has 0 unspecified atom stereocenters. The van der Waals surface area contributed by atoms with Gasteiger partial charge in [0.2, 0.25) is 0 Å². The fraction of sp³-hybridized carbons (Fsp3) is 0.667. The van der Waals surface area contributed by atoms with Crippen LogP contribution in [0, 0.1) is 5.92 Å². The maximum absolute atomic E-state index is 5.90.